The zero-order chi connectivity index (χ0) is 19.5. The van der Waals surface area contributed by atoms with Crippen molar-refractivity contribution in [3.05, 3.63) is 68.6 Å². The molecule has 0 aliphatic heterocycles. The first-order valence-corrected chi connectivity index (χ1v) is 8.01. The monoisotopic (exact) mass is 388 g/mol. The van der Waals surface area contributed by atoms with Crippen LogP contribution >= 0.6 is 11.6 Å². The molecule has 0 aliphatic carbocycles. The van der Waals surface area contributed by atoms with Crippen LogP contribution in [0.4, 0.5) is 13.2 Å². The van der Waals surface area contributed by atoms with Crippen LogP contribution in [0.15, 0.2) is 41.3 Å². The maximum absolute atomic E-state index is 12.8. The van der Waals surface area contributed by atoms with Crippen LogP contribution in [0.25, 0.3) is 0 Å². The minimum Gasteiger partial charge on any atom is -0.383 e. The van der Waals surface area contributed by atoms with Crippen LogP contribution in [0.2, 0.25) is 5.02 Å². The summed E-state index contributed by atoms with van der Waals surface area (Å²) in [7, 11) is 0. The first kappa shape index (κ1) is 20.0. The summed E-state index contributed by atoms with van der Waals surface area (Å²) in [5.74, 6) is -0.854. The van der Waals surface area contributed by atoms with Gasteiger partial charge in [-0.25, -0.2) is 0 Å². The van der Waals surface area contributed by atoms with Gasteiger partial charge in [0, 0.05) is 11.2 Å². The van der Waals surface area contributed by atoms with Gasteiger partial charge in [-0.2, -0.15) is 13.2 Å². The van der Waals surface area contributed by atoms with Crippen LogP contribution < -0.4 is 10.9 Å². The second-order valence-electron chi connectivity index (χ2n) is 5.70. The van der Waals surface area contributed by atoms with Gasteiger partial charge < -0.3 is 15.4 Å². The van der Waals surface area contributed by atoms with E-state index in [-0.39, 0.29) is 18.5 Å². The number of rotatable bonds is 5. The highest BCUT2D eigenvalue weighted by Gasteiger charge is 2.35. The summed E-state index contributed by atoms with van der Waals surface area (Å²) in [4.78, 5) is 25.3. The first-order chi connectivity index (χ1) is 12.1. The Morgan fingerprint density at radius 2 is 1.88 bits per heavy atom. The molecular formula is C17H16ClF3N2O3. The van der Waals surface area contributed by atoms with Crippen molar-refractivity contribution in [3.8, 4) is 0 Å². The summed E-state index contributed by atoms with van der Waals surface area (Å²) in [6.07, 6.45) is -3.74. The zero-order valence-electron chi connectivity index (χ0n) is 13.7. The number of pyridine rings is 1. The third kappa shape index (κ3) is 4.44. The number of nitrogens with one attached hydrogen (secondary N) is 2. The highest BCUT2D eigenvalue weighted by molar-refractivity contribution is 6.30. The fourth-order valence-electron chi connectivity index (χ4n) is 2.35. The number of benzene rings is 1. The van der Waals surface area contributed by atoms with Crippen LogP contribution in [-0.4, -0.2) is 22.5 Å². The van der Waals surface area contributed by atoms with E-state index in [1.807, 2.05) is 4.98 Å². The normalized spacial score (nSPS) is 13.9. The van der Waals surface area contributed by atoms with Crippen molar-refractivity contribution in [1.29, 1.82) is 0 Å². The summed E-state index contributed by atoms with van der Waals surface area (Å²) in [6.45, 7) is 1.47. The van der Waals surface area contributed by atoms with Crippen molar-refractivity contribution in [1.82, 2.24) is 10.3 Å². The topological polar surface area (TPSA) is 82.2 Å². The van der Waals surface area contributed by atoms with E-state index in [1.165, 1.54) is 0 Å². The van der Waals surface area contributed by atoms with Gasteiger partial charge in [0.1, 0.15) is 11.2 Å². The molecular weight excluding hydrogens is 373 g/mol. The third-order valence-electron chi connectivity index (χ3n) is 3.98. The molecule has 0 saturated heterocycles. The van der Waals surface area contributed by atoms with E-state index in [1.54, 1.807) is 31.2 Å². The molecule has 2 rings (SSSR count). The number of hydrogen-bond acceptors (Lipinski definition) is 3. The summed E-state index contributed by atoms with van der Waals surface area (Å²) in [6, 6.07) is 6.83. The highest BCUT2D eigenvalue weighted by atomic mass is 35.5. The molecule has 1 aromatic carbocycles. The lowest BCUT2D eigenvalue weighted by Crippen LogP contribution is -2.40. The SMILES string of the molecule is CCC(O)(CNC(=O)c1c[nH]c(=O)c(C(F)(F)F)c1)c1ccc(Cl)cc1. The lowest BCUT2D eigenvalue weighted by Gasteiger charge is -2.27. The van der Waals surface area contributed by atoms with E-state index in [4.69, 9.17) is 11.6 Å². The van der Waals surface area contributed by atoms with Crippen LogP contribution in [0.5, 0.6) is 0 Å². The Bertz CT molecular complexity index is 850. The lowest BCUT2D eigenvalue weighted by molar-refractivity contribution is -0.138. The van der Waals surface area contributed by atoms with Gasteiger partial charge in [0.2, 0.25) is 0 Å². The Morgan fingerprint density at radius 1 is 1.27 bits per heavy atom. The molecule has 0 radical (unpaired) electrons. The molecule has 0 bridgehead atoms. The Balaban J connectivity index is 2.19. The van der Waals surface area contributed by atoms with E-state index in [2.05, 4.69) is 5.32 Å². The maximum atomic E-state index is 12.8. The van der Waals surface area contributed by atoms with Crippen molar-refractivity contribution < 1.29 is 23.1 Å². The summed E-state index contributed by atoms with van der Waals surface area (Å²) in [5.41, 5.74) is -4.09. The number of carbonyl (C=O) groups excluding carboxylic acids is 1. The average molecular weight is 389 g/mol. The molecule has 140 valence electrons. The standard InChI is InChI=1S/C17H16ClF3N2O3/c1-2-16(26,11-3-5-12(18)6-4-11)9-23-14(24)10-7-13(17(19,20)21)15(25)22-8-10/h3-8,26H,2,9H2,1H3,(H,22,25)(H,23,24). The molecule has 9 heteroatoms. The molecule has 0 aliphatic rings. The van der Waals surface area contributed by atoms with Gasteiger partial charge in [-0.15, -0.1) is 0 Å². The van der Waals surface area contributed by atoms with Crippen molar-refractivity contribution >= 4 is 17.5 Å². The maximum Gasteiger partial charge on any atom is 0.421 e. The summed E-state index contributed by atoms with van der Waals surface area (Å²) in [5, 5.41) is 13.6. The molecule has 26 heavy (non-hydrogen) atoms. The molecule has 5 nitrogen and oxygen atoms in total. The molecule has 1 aromatic heterocycles. The largest absolute Gasteiger partial charge is 0.421 e. The Labute approximate surface area is 151 Å². The molecule has 1 heterocycles. The van der Waals surface area contributed by atoms with Gasteiger partial charge in [0.05, 0.1) is 12.1 Å². The summed E-state index contributed by atoms with van der Waals surface area (Å²) >= 11 is 5.80. The second kappa shape index (κ2) is 7.51. The van der Waals surface area contributed by atoms with Crippen molar-refractivity contribution in [2.24, 2.45) is 0 Å². The van der Waals surface area contributed by atoms with Crippen molar-refractivity contribution in [2.45, 2.75) is 25.1 Å². The Morgan fingerprint density at radius 3 is 2.42 bits per heavy atom. The number of alkyl halides is 3. The van der Waals surface area contributed by atoms with E-state index in [0.29, 0.717) is 16.7 Å². The quantitative estimate of drug-likeness (QED) is 0.736. The fourth-order valence-corrected chi connectivity index (χ4v) is 2.47. The molecule has 3 N–H and O–H groups in total. The average Bonchev–Trinajstić information content (AvgIpc) is 2.59. The number of aliphatic hydroxyl groups is 1. The van der Waals surface area contributed by atoms with Crippen molar-refractivity contribution in [2.75, 3.05) is 6.54 Å². The predicted molar refractivity (Wildman–Crippen MR) is 90.0 cm³/mol. The number of hydrogen-bond donors (Lipinski definition) is 3. The smallest absolute Gasteiger partial charge is 0.383 e. The van der Waals surface area contributed by atoms with Crippen LogP contribution in [0, 0.1) is 0 Å². The number of halogens is 4. The van der Waals surface area contributed by atoms with Gasteiger partial charge in [0.25, 0.3) is 11.5 Å². The van der Waals surface area contributed by atoms with Gasteiger partial charge in [-0.3, -0.25) is 9.59 Å². The molecule has 0 fully saturated rings. The highest BCUT2D eigenvalue weighted by Crippen LogP contribution is 2.27. The number of H-pyrrole nitrogens is 1. The van der Waals surface area contributed by atoms with E-state index < -0.39 is 28.8 Å². The molecule has 1 unspecified atom stereocenters. The van der Waals surface area contributed by atoms with E-state index in [9.17, 15) is 27.9 Å². The van der Waals surface area contributed by atoms with Crippen molar-refractivity contribution in [3.63, 3.8) is 0 Å². The number of carbonyl (C=O) groups is 1. The van der Waals surface area contributed by atoms with Crippen LogP contribution in [0.3, 0.4) is 0 Å². The summed E-state index contributed by atoms with van der Waals surface area (Å²) < 4.78 is 38.3. The molecule has 2 aromatic rings. The Hall–Kier alpha value is -2.32. The predicted octanol–water partition coefficient (Wildman–Crippen LogP) is 3.07. The van der Waals surface area contributed by atoms with Gasteiger partial charge in [-0.05, 0) is 30.2 Å². The molecule has 0 spiro atoms. The molecule has 1 atom stereocenters. The lowest BCUT2D eigenvalue weighted by atomic mass is 9.91. The third-order valence-corrected chi connectivity index (χ3v) is 4.23. The number of aromatic amines is 1. The van der Waals surface area contributed by atoms with Gasteiger partial charge >= 0.3 is 6.18 Å². The first-order valence-electron chi connectivity index (χ1n) is 7.63. The molecule has 0 saturated carbocycles. The number of aromatic nitrogens is 1. The van der Waals surface area contributed by atoms with Crippen LogP contribution in [-0.2, 0) is 11.8 Å². The van der Waals surface area contributed by atoms with Gasteiger partial charge in [0.15, 0.2) is 0 Å². The zero-order valence-corrected chi connectivity index (χ0v) is 14.4. The van der Waals surface area contributed by atoms with E-state index in [0.717, 1.165) is 6.20 Å². The Kier molecular flexibility index (Phi) is 5.77. The van der Waals surface area contributed by atoms with Crippen LogP contribution in [0.1, 0.15) is 34.8 Å². The van der Waals surface area contributed by atoms with E-state index >= 15 is 0 Å². The molecule has 1 amide bonds. The minimum atomic E-state index is -4.88. The second-order valence-corrected chi connectivity index (χ2v) is 6.14. The number of amides is 1. The van der Waals surface area contributed by atoms with Gasteiger partial charge in [-0.1, -0.05) is 30.7 Å². The fraction of sp³-hybridized carbons (Fsp3) is 0.294. The minimum absolute atomic E-state index is 0.232.